The van der Waals surface area contributed by atoms with Crippen molar-refractivity contribution in [3.05, 3.63) is 26.1 Å². The summed E-state index contributed by atoms with van der Waals surface area (Å²) in [5.74, 6) is 0. The lowest BCUT2D eigenvalue weighted by atomic mass is 10.2. The summed E-state index contributed by atoms with van der Waals surface area (Å²) in [6.45, 7) is 8.46. The first-order valence-electron chi connectivity index (χ1n) is 7.05. The second kappa shape index (κ2) is 6.97. The molecule has 0 aromatic heterocycles. The highest BCUT2D eigenvalue weighted by atomic mass is 79.9. The van der Waals surface area contributed by atoms with E-state index in [-0.39, 0.29) is 6.09 Å². The van der Waals surface area contributed by atoms with Crippen molar-refractivity contribution in [3.8, 4) is 0 Å². The summed E-state index contributed by atoms with van der Waals surface area (Å²) >= 11 is 13.1. The summed E-state index contributed by atoms with van der Waals surface area (Å²) in [5.41, 5.74) is 0.618. The van der Waals surface area contributed by atoms with Crippen LogP contribution in [0.25, 0.3) is 0 Å². The fourth-order valence-corrected chi connectivity index (χ4v) is 3.47. The molecule has 0 unspecified atom stereocenters. The molecule has 0 N–H and O–H groups in total. The van der Waals surface area contributed by atoms with E-state index in [1.54, 1.807) is 4.90 Å². The van der Waals surface area contributed by atoms with Crippen molar-refractivity contribution < 1.29 is 9.53 Å². The minimum Gasteiger partial charge on any atom is -0.444 e. The normalized spacial score (nSPS) is 15.9. The summed E-state index contributed by atoms with van der Waals surface area (Å²) in [6.07, 6.45) is -0.245. The molecule has 1 heterocycles. The maximum absolute atomic E-state index is 12.1. The lowest BCUT2D eigenvalue weighted by Crippen LogP contribution is -2.50. The zero-order chi connectivity index (χ0) is 16.5. The van der Waals surface area contributed by atoms with Gasteiger partial charge in [0.15, 0.2) is 0 Å². The van der Waals surface area contributed by atoms with Gasteiger partial charge >= 0.3 is 6.09 Å². The first kappa shape index (κ1) is 17.9. The van der Waals surface area contributed by atoms with E-state index in [0.717, 1.165) is 27.7 Å². The highest BCUT2D eigenvalue weighted by Crippen LogP contribution is 2.35. The lowest BCUT2D eigenvalue weighted by Gasteiger charge is -2.37. The van der Waals surface area contributed by atoms with Gasteiger partial charge in [0.1, 0.15) is 5.60 Å². The molecule has 22 heavy (non-hydrogen) atoms. The molecule has 1 fully saturated rings. The molecule has 1 saturated heterocycles. The van der Waals surface area contributed by atoms with Crippen LogP contribution in [0.2, 0.25) is 5.02 Å². The molecule has 4 nitrogen and oxygen atoms in total. The zero-order valence-electron chi connectivity index (χ0n) is 12.8. The van der Waals surface area contributed by atoms with Crippen LogP contribution in [0.3, 0.4) is 0 Å². The van der Waals surface area contributed by atoms with Crippen molar-refractivity contribution >= 4 is 55.2 Å². The van der Waals surface area contributed by atoms with Crippen molar-refractivity contribution in [2.45, 2.75) is 26.4 Å². The van der Waals surface area contributed by atoms with E-state index < -0.39 is 5.60 Å². The Hall–Kier alpha value is -0.460. The second-order valence-electron chi connectivity index (χ2n) is 6.18. The Morgan fingerprint density at radius 3 is 2.09 bits per heavy atom. The van der Waals surface area contributed by atoms with Gasteiger partial charge in [-0.2, -0.15) is 0 Å². The number of amides is 1. The van der Waals surface area contributed by atoms with Crippen LogP contribution in [-0.4, -0.2) is 42.8 Å². The van der Waals surface area contributed by atoms with E-state index in [4.69, 9.17) is 16.3 Å². The van der Waals surface area contributed by atoms with Gasteiger partial charge in [0.25, 0.3) is 0 Å². The first-order chi connectivity index (χ1) is 10.2. The highest BCUT2D eigenvalue weighted by Gasteiger charge is 2.26. The van der Waals surface area contributed by atoms with Gasteiger partial charge in [-0.1, -0.05) is 11.6 Å². The summed E-state index contributed by atoms with van der Waals surface area (Å²) in [7, 11) is 0. The minimum absolute atomic E-state index is 0.245. The Labute approximate surface area is 153 Å². The van der Waals surface area contributed by atoms with Crippen molar-refractivity contribution in [3.63, 3.8) is 0 Å². The Morgan fingerprint density at radius 2 is 1.64 bits per heavy atom. The molecule has 0 spiro atoms. The Kier molecular flexibility index (Phi) is 5.67. The third-order valence-electron chi connectivity index (χ3n) is 3.27. The van der Waals surface area contributed by atoms with Crippen molar-refractivity contribution in [1.82, 2.24) is 4.90 Å². The predicted octanol–water partition coefficient (Wildman–Crippen LogP) is 4.92. The van der Waals surface area contributed by atoms with Gasteiger partial charge < -0.3 is 14.5 Å². The van der Waals surface area contributed by atoms with Gasteiger partial charge in [0, 0.05) is 40.8 Å². The zero-order valence-corrected chi connectivity index (χ0v) is 16.8. The average molecular weight is 455 g/mol. The Bertz CT molecular complexity index is 544. The van der Waals surface area contributed by atoms with E-state index >= 15 is 0 Å². The number of piperazine rings is 1. The number of anilines is 1. The molecule has 0 bridgehead atoms. The molecule has 1 amide bonds. The third-order valence-corrected chi connectivity index (χ3v) is 5.38. The summed E-state index contributed by atoms with van der Waals surface area (Å²) in [4.78, 5) is 16.0. The van der Waals surface area contributed by atoms with E-state index in [2.05, 4.69) is 36.8 Å². The maximum Gasteiger partial charge on any atom is 0.410 e. The van der Waals surface area contributed by atoms with Gasteiger partial charge in [0.05, 0.1) is 5.02 Å². The van der Waals surface area contributed by atoms with E-state index in [9.17, 15) is 4.79 Å². The van der Waals surface area contributed by atoms with Gasteiger partial charge in [-0.3, -0.25) is 0 Å². The standard InChI is InChI=1S/C15H19Br2ClN2O2/c1-15(2,3)22-14(21)20-6-4-19(5-7-20)10-8-11(16)13(18)12(17)9-10/h8-9H,4-7H2,1-3H3. The Morgan fingerprint density at radius 1 is 1.14 bits per heavy atom. The number of rotatable bonds is 1. The molecular weight excluding hydrogens is 435 g/mol. The van der Waals surface area contributed by atoms with Crippen LogP contribution >= 0.6 is 43.5 Å². The van der Waals surface area contributed by atoms with E-state index in [1.165, 1.54) is 0 Å². The Balaban J connectivity index is 1.99. The predicted molar refractivity (Wildman–Crippen MR) is 96.9 cm³/mol. The number of halogens is 3. The van der Waals surface area contributed by atoms with Gasteiger partial charge in [0.2, 0.25) is 0 Å². The van der Waals surface area contributed by atoms with Crippen molar-refractivity contribution in [2.75, 3.05) is 31.1 Å². The summed E-state index contributed by atoms with van der Waals surface area (Å²) < 4.78 is 7.12. The molecule has 1 aliphatic heterocycles. The lowest BCUT2D eigenvalue weighted by molar-refractivity contribution is 0.0240. The number of ether oxygens (including phenoxy) is 1. The van der Waals surface area contributed by atoms with Gasteiger partial charge in [-0.25, -0.2) is 4.79 Å². The molecule has 122 valence electrons. The fraction of sp³-hybridized carbons (Fsp3) is 0.533. The number of hydrogen-bond acceptors (Lipinski definition) is 3. The molecule has 1 aromatic carbocycles. The molecule has 1 aliphatic rings. The third kappa shape index (κ3) is 4.52. The molecule has 0 atom stereocenters. The van der Waals surface area contributed by atoms with E-state index in [0.29, 0.717) is 18.1 Å². The van der Waals surface area contributed by atoms with Crippen LogP contribution in [0.15, 0.2) is 21.1 Å². The topological polar surface area (TPSA) is 32.8 Å². The quantitative estimate of drug-likeness (QED) is 0.565. The first-order valence-corrected chi connectivity index (χ1v) is 9.01. The molecule has 1 aromatic rings. The highest BCUT2D eigenvalue weighted by molar-refractivity contribution is 9.11. The van der Waals surface area contributed by atoms with Gasteiger partial charge in [-0.05, 0) is 64.8 Å². The second-order valence-corrected chi connectivity index (χ2v) is 8.26. The van der Waals surface area contributed by atoms with Crippen LogP contribution in [0.4, 0.5) is 10.5 Å². The maximum atomic E-state index is 12.1. The average Bonchev–Trinajstić information content (AvgIpc) is 2.42. The summed E-state index contributed by atoms with van der Waals surface area (Å²) in [6, 6.07) is 3.99. The number of benzene rings is 1. The molecule has 2 rings (SSSR count). The monoisotopic (exact) mass is 452 g/mol. The molecular formula is C15H19Br2ClN2O2. The molecule has 0 saturated carbocycles. The number of hydrogen-bond donors (Lipinski definition) is 0. The summed E-state index contributed by atoms with van der Waals surface area (Å²) in [5, 5.41) is 0.663. The van der Waals surface area contributed by atoms with Crippen molar-refractivity contribution in [1.29, 1.82) is 0 Å². The number of carbonyl (C=O) groups is 1. The van der Waals surface area contributed by atoms with Crippen LogP contribution in [0.1, 0.15) is 20.8 Å². The fourth-order valence-electron chi connectivity index (χ4n) is 2.20. The van der Waals surface area contributed by atoms with E-state index in [1.807, 2.05) is 32.9 Å². The van der Waals surface area contributed by atoms with Crippen LogP contribution in [-0.2, 0) is 4.74 Å². The van der Waals surface area contributed by atoms with Crippen LogP contribution in [0, 0.1) is 0 Å². The van der Waals surface area contributed by atoms with Crippen LogP contribution < -0.4 is 4.90 Å². The smallest absolute Gasteiger partial charge is 0.410 e. The molecule has 0 aliphatic carbocycles. The van der Waals surface area contributed by atoms with Crippen LogP contribution in [0.5, 0.6) is 0 Å². The largest absolute Gasteiger partial charge is 0.444 e. The molecule has 0 radical (unpaired) electrons. The van der Waals surface area contributed by atoms with Gasteiger partial charge in [-0.15, -0.1) is 0 Å². The van der Waals surface area contributed by atoms with Crippen molar-refractivity contribution in [2.24, 2.45) is 0 Å². The number of nitrogens with zero attached hydrogens (tertiary/aromatic N) is 2. The SMILES string of the molecule is CC(C)(C)OC(=O)N1CCN(c2cc(Br)c(Cl)c(Br)c2)CC1. The minimum atomic E-state index is -0.458. The number of carbonyl (C=O) groups excluding carboxylic acids is 1. The molecule has 7 heteroatoms.